The highest BCUT2D eigenvalue weighted by Crippen LogP contribution is 2.38. The van der Waals surface area contributed by atoms with Crippen LogP contribution in [0.5, 0.6) is 0 Å². The van der Waals surface area contributed by atoms with E-state index in [2.05, 4.69) is 28.6 Å². The Morgan fingerprint density at radius 2 is 2.31 bits per heavy atom. The van der Waals surface area contributed by atoms with E-state index in [0.717, 1.165) is 18.4 Å². The molecule has 0 aromatic carbocycles. The number of rotatable bonds is 1. The molecule has 2 heterocycles. The topological polar surface area (TPSA) is 27.8 Å². The lowest BCUT2D eigenvalue weighted by molar-refractivity contribution is 0.407. The van der Waals surface area contributed by atoms with Crippen LogP contribution in [0.25, 0.3) is 5.57 Å². The number of nitrogens with one attached hydrogen (secondary N) is 2. The summed E-state index contributed by atoms with van der Waals surface area (Å²) in [7, 11) is 0. The Morgan fingerprint density at radius 1 is 1.31 bits per heavy atom. The number of hydrogen-bond acceptors (Lipinski definition) is 1. The van der Waals surface area contributed by atoms with Crippen LogP contribution in [0.1, 0.15) is 12.0 Å². The number of piperidine rings is 1. The van der Waals surface area contributed by atoms with Crippen LogP contribution < -0.4 is 5.32 Å². The molecule has 2 N–H and O–H groups in total. The smallest absolute Gasteiger partial charge is 0.00808 e. The molecule has 2 aliphatic rings. The second kappa shape index (κ2) is 2.74. The number of aromatic amines is 1. The minimum atomic E-state index is 0.759. The summed E-state index contributed by atoms with van der Waals surface area (Å²) in [6.45, 7) is 2.33. The van der Waals surface area contributed by atoms with Gasteiger partial charge in [0.05, 0.1) is 0 Å². The molecule has 0 amide bonds. The van der Waals surface area contributed by atoms with Gasteiger partial charge < -0.3 is 10.3 Å². The van der Waals surface area contributed by atoms with E-state index in [0.29, 0.717) is 0 Å². The summed E-state index contributed by atoms with van der Waals surface area (Å²) in [6, 6.07) is 2.17. The van der Waals surface area contributed by atoms with Gasteiger partial charge in [0, 0.05) is 25.5 Å². The van der Waals surface area contributed by atoms with Crippen LogP contribution in [0.15, 0.2) is 24.5 Å². The molecule has 2 heteroatoms. The van der Waals surface area contributed by atoms with Crippen molar-refractivity contribution in [3.05, 3.63) is 30.1 Å². The summed E-state index contributed by atoms with van der Waals surface area (Å²) in [4.78, 5) is 3.13. The summed E-state index contributed by atoms with van der Waals surface area (Å²) in [5.41, 5.74) is 2.94. The first kappa shape index (κ1) is 7.39. The van der Waals surface area contributed by atoms with Crippen molar-refractivity contribution >= 4 is 5.57 Å². The predicted molar refractivity (Wildman–Crippen MR) is 53.2 cm³/mol. The molecule has 2 atom stereocenters. The highest BCUT2D eigenvalue weighted by atomic mass is 14.9. The Bertz CT molecular complexity index is 324. The molecule has 1 aromatic rings. The Morgan fingerprint density at radius 3 is 3.08 bits per heavy atom. The third kappa shape index (κ3) is 1.13. The van der Waals surface area contributed by atoms with Gasteiger partial charge in [-0.25, -0.2) is 0 Å². The highest BCUT2D eigenvalue weighted by Gasteiger charge is 2.30. The molecule has 13 heavy (non-hydrogen) atoms. The van der Waals surface area contributed by atoms with E-state index in [-0.39, 0.29) is 0 Å². The Labute approximate surface area is 78.0 Å². The molecule has 2 nitrogen and oxygen atoms in total. The van der Waals surface area contributed by atoms with Crippen molar-refractivity contribution in [2.75, 3.05) is 13.1 Å². The monoisotopic (exact) mass is 174 g/mol. The van der Waals surface area contributed by atoms with Crippen LogP contribution in [0, 0.1) is 11.8 Å². The van der Waals surface area contributed by atoms with E-state index in [9.17, 15) is 0 Å². The van der Waals surface area contributed by atoms with Gasteiger partial charge in [-0.2, -0.15) is 0 Å². The quantitative estimate of drug-likeness (QED) is 0.665. The van der Waals surface area contributed by atoms with E-state index in [1.165, 1.54) is 18.5 Å². The highest BCUT2D eigenvalue weighted by molar-refractivity contribution is 5.69. The van der Waals surface area contributed by atoms with Gasteiger partial charge in [-0.15, -0.1) is 0 Å². The molecule has 3 rings (SSSR count). The van der Waals surface area contributed by atoms with Crippen molar-refractivity contribution in [3.63, 3.8) is 0 Å². The molecule has 1 aliphatic heterocycles. The lowest BCUT2D eigenvalue weighted by Crippen LogP contribution is -2.31. The molecule has 1 aromatic heterocycles. The third-order valence-corrected chi connectivity index (χ3v) is 3.17. The largest absolute Gasteiger partial charge is 0.367 e. The Kier molecular flexibility index (Phi) is 1.56. The third-order valence-electron chi connectivity index (χ3n) is 3.17. The molecular formula is C11H14N2. The fourth-order valence-corrected chi connectivity index (χ4v) is 2.56. The zero-order chi connectivity index (χ0) is 8.67. The Balaban J connectivity index is 1.96. The van der Waals surface area contributed by atoms with Crippen LogP contribution in [0.2, 0.25) is 0 Å². The molecule has 0 spiro atoms. The van der Waals surface area contributed by atoms with E-state index in [4.69, 9.17) is 0 Å². The van der Waals surface area contributed by atoms with E-state index in [1.54, 1.807) is 5.57 Å². The average molecular weight is 174 g/mol. The van der Waals surface area contributed by atoms with Gasteiger partial charge in [-0.05, 0) is 35.5 Å². The molecule has 2 bridgehead atoms. The van der Waals surface area contributed by atoms with Gasteiger partial charge in [0.2, 0.25) is 0 Å². The molecule has 1 fully saturated rings. The second-order valence-electron chi connectivity index (χ2n) is 4.07. The standard InChI is InChI=1S/C11H14N2/c1-2-12-6-9(1)11-4-8-3-10(11)7-13-5-8/h1-2,4,6,8,10,12-13H,3,5,7H2. The predicted octanol–water partition coefficient (Wildman–Crippen LogP) is 1.64. The molecule has 1 saturated heterocycles. The van der Waals surface area contributed by atoms with Crippen molar-refractivity contribution in [2.24, 2.45) is 11.8 Å². The minimum Gasteiger partial charge on any atom is -0.367 e. The number of fused-ring (bicyclic) bond motifs is 2. The fraction of sp³-hybridized carbons (Fsp3) is 0.455. The average Bonchev–Trinajstić information content (AvgIpc) is 2.74. The lowest BCUT2D eigenvalue weighted by atomic mass is 9.93. The van der Waals surface area contributed by atoms with Gasteiger partial charge in [0.25, 0.3) is 0 Å². The minimum absolute atomic E-state index is 0.759. The molecule has 68 valence electrons. The number of hydrogen-bond donors (Lipinski definition) is 2. The van der Waals surface area contributed by atoms with E-state index in [1.807, 2.05) is 6.20 Å². The van der Waals surface area contributed by atoms with Crippen molar-refractivity contribution in [3.8, 4) is 0 Å². The first-order valence-corrected chi connectivity index (χ1v) is 4.99. The second-order valence-corrected chi connectivity index (χ2v) is 4.07. The molecular weight excluding hydrogens is 160 g/mol. The zero-order valence-electron chi connectivity index (χ0n) is 7.59. The summed E-state index contributed by atoms with van der Waals surface area (Å²) in [6.07, 6.45) is 7.92. The van der Waals surface area contributed by atoms with Crippen LogP contribution in [0.4, 0.5) is 0 Å². The molecule has 1 aliphatic carbocycles. The van der Waals surface area contributed by atoms with Gasteiger partial charge in [0.15, 0.2) is 0 Å². The summed E-state index contributed by atoms with van der Waals surface area (Å²) in [5.74, 6) is 1.54. The van der Waals surface area contributed by atoms with Crippen LogP contribution in [-0.2, 0) is 0 Å². The molecule has 0 saturated carbocycles. The maximum absolute atomic E-state index is 3.48. The maximum Gasteiger partial charge on any atom is 0.00808 e. The van der Waals surface area contributed by atoms with Crippen molar-refractivity contribution in [2.45, 2.75) is 6.42 Å². The first-order chi connectivity index (χ1) is 6.43. The maximum atomic E-state index is 3.48. The van der Waals surface area contributed by atoms with Gasteiger partial charge in [0.1, 0.15) is 0 Å². The van der Waals surface area contributed by atoms with E-state index < -0.39 is 0 Å². The van der Waals surface area contributed by atoms with Gasteiger partial charge >= 0.3 is 0 Å². The normalized spacial score (nSPS) is 31.8. The molecule has 0 radical (unpaired) electrons. The van der Waals surface area contributed by atoms with Gasteiger partial charge in [-0.3, -0.25) is 0 Å². The van der Waals surface area contributed by atoms with Crippen molar-refractivity contribution in [1.82, 2.24) is 10.3 Å². The number of H-pyrrole nitrogens is 1. The summed E-state index contributed by atoms with van der Waals surface area (Å²) in [5, 5.41) is 3.48. The van der Waals surface area contributed by atoms with Gasteiger partial charge in [-0.1, -0.05) is 6.08 Å². The van der Waals surface area contributed by atoms with Crippen LogP contribution >= 0.6 is 0 Å². The lowest BCUT2D eigenvalue weighted by Gasteiger charge is -2.21. The van der Waals surface area contributed by atoms with E-state index >= 15 is 0 Å². The fourth-order valence-electron chi connectivity index (χ4n) is 2.56. The Hall–Kier alpha value is -1.02. The van der Waals surface area contributed by atoms with Crippen molar-refractivity contribution < 1.29 is 0 Å². The zero-order valence-corrected chi connectivity index (χ0v) is 7.59. The SMILES string of the molecule is C1=C(c2cc[nH]c2)C2CNCC1C2. The number of aromatic nitrogens is 1. The summed E-state index contributed by atoms with van der Waals surface area (Å²) < 4.78 is 0. The molecule has 2 unspecified atom stereocenters. The van der Waals surface area contributed by atoms with Crippen LogP contribution in [0.3, 0.4) is 0 Å². The van der Waals surface area contributed by atoms with Crippen molar-refractivity contribution in [1.29, 1.82) is 0 Å². The first-order valence-electron chi connectivity index (χ1n) is 4.99. The summed E-state index contributed by atoms with van der Waals surface area (Å²) >= 11 is 0. The van der Waals surface area contributed by atoms with Crippen LogP contribution in [-0.4, -0.2) is 18.1 Å².